The van der Waals surface area contributed by atoms with E-state index >= 15 is 0 Å². The van der Waals surface area contributed by atoms with Crippen molar-refractivity contribution >= 4 is 29.3 Å². The third kappa shape index (κ3) is 7.47. The fourth-order valence-corrected chi connectivity index (χ4v) is 2.36. The number of anilines is 1. The second-order valence-electron chi connectivity index (χ2n) is 6.25. The number of nitrogens with zero attached hydrogens (tertiary/aromatic N) is 1. The maximum absolute atomic E-state index is 12.0. The van der Waals surface area contributed by atoms with E-state index in [1.54, 1.807) is 23.7 Å². The standard InChI is InChI=1S/C16H25N3O2S/c1-16(2,3)18-15(21)11-19(4)10-14(20)17-12-7-6-8-13(9-12)22-5/h6-9H,10-11H2,1-5H3,(H,17,20)(H,18,21). The van der Waals surface area contributed by atoms with E-state index in [1.807, 2.05) is 51.3 Å². The molecule has 5 nitrogen and oxygen atoms in total. The van der Waals surface area contributed by atoms with Crippen molar-refractivity contribution in [3.05, 3.63) is 24.3 Å². The van der Waals surface area contributed by atoms with E-state index < -0.39 is 0 Å². The molecular formula is C16H25N3O2S. The SMILES string of the molecule is CSc1cccc(NC(=O)CN(C)CC(=O)NC(C)(C)C)c1. The van der Waals surface area contributed by atoms with Crippen LogP contribution in [0.2, 0.25) is 0 Å². The first-order chi connectivity index (χ1) is 10.2. The molecule has 122 valence electrons. The van der Waals surface area contributed by atoms with Gasteiger partial charge in [0.15, 0.2) is 0 Å². The summed E-state index contributed by atoms with van der Waals surface area (Å²) in [6.07, 6.45) is 1.99. The molecule has 0 spiro atoms. The van der Waals surface area contributed by atoms with Gasteiger partial charge in [0.1, 0.15) is 0 Å². The molecule has 0 radical (unpaired) electrons. The van der Waals surface area contributed by atoms with Crippen molar-refractivity contribution in [3.8, 4) is 0 Å². The van der Waals surface area contributed by atoms with Crippen molar-refractivity contribution in [2.45, 2.75) is 31.2 Å². The van der Waals surface area contributed by atoms with Gasteiger partial charge in [-0.2, -0.15) is 0 Å². The topological polar surface area (TPSA) is 61.4 Å². The van der Waals surface area contributed by atoms with Crippen molar-refractivity contribution < 1.29 is 9.59 Å². The van der Waals surface area contributed by atoms with E-state index in [1.165, 1.54) is 0 Å². The lowest BCUT2D eigenvalue weighted by atomic mass is 10.1. The fourth-order valence-electron chi connectivity index (χ4n) is 1.91. The van der Waals surface area contributed by atoms with Gasteiger partial charge in [-0.3, -0.25) is 14.5 Å². The molecule has 0 saturated heterocycles. The van der Waals surface area contributed by atoms with Crippen molar-refractivity contribution in [2.75, 3.05) is 31.7 Å². The van der Waals surface area contributed by atoms with Gasteiger partial charge in [-0.1, -0.05) is 6.07 Å². The van der Waals surface area contributed by atoms with Crippen LogP contribution in [-0.4, -0.2) is 48.6 Å². The monoisotopic (exact) mass is 323 g/mol. The Labute approximate surface area is 136 Å². The Morgan fingerprint density at radius 1 is 1.18 bits per heavy atom. The summed E-state index contributed by atoms with van der Waals surface area (Å²) in [5.74, 6) is -0.225. The Morgan fingerprint density at radius 2 is 1.82 bits per heavy atom. The van der Waals surface area contributed by atoms with Crippen LogP contribution >= 0.6 is 11.8 Å². The number of likely N-dealkylation sites (N-methyl/N-ethyl adjacent to an activating group) is 1. The van der Waals surface area contributed by atoms with Crippen LogP contribution in [-0.2, 0) is 9.59 Å². The Balaban J connectivity index is 2.45. The maximum atomic E-state index is 12.0. The first-order valence-electron chi connectivity index (χ1n) is 7.13. The number of hydrogen-bond acceptors (Lipinski definition) is 4. The van der Waals surface area contributed by atoms with E-state index in [0.717, 1.165) is 10.6 Å². The summed E-state index contributed by atoms with van der Waals surface area (Å²) < 4.78 is 0. The summed E-state index contributed by atoms with van der Waals surface area (Å²) in [7, 11) is 1.75. The molecule has 2 amide bonds. The van der Waals surface area contributed by atoms with Crippen LogP contribution in [0.25, 0.3) is 0 Å². The highest BCUT2D eigenvalue weighted by Gasteiger charge is 2.16. The number of amides is 2. The Bertz CT molecular complexity index is 526. The van der Waals surface area contributed by atoms with Crippen molar-refractivity contribution in [1.29, 1.82) is 0 Å². The molecule has 0 fully saturated rings. The molecule has 1 aromatic carbocycles. The van der Waals surface area contributed by atoms with Crippen LogP contribution in [0.1, 0.15) is 20.8 Å². The number of nitrogens with one attached hydrogen (secondary N) is 2. The second kappa shape index (κ2) is 8.19. The van der Waals surface area contributed by atoms with E-state index in [4.69, 9.17) is 0 Å². The van der Waals surface area contributed by atoms with Gasteiger partial charge in [-0.15, -0.1) is 11.8 Å². The average Bonchev–Trinajstić information content (AvgIpc) is 2.35. The minimum absolute atomic E-state index is 0.0906. The first kappa shape index (κ1) is 18.5. The number of hydrogen-bond donors (Lipinski definition) is 2. The van der Waals surface area contributed by atoms with Crippen LogP contribution in [0, 0.1) is 0 Å². The minimum Gasteiger partial charge on any atom is -0.350 e. The summed E-state index contributed by atoms with van der Waals surface area (Å²) in [4.78, 5) is 26.6. The number of thioether (sulfide) groups is 1. The number of benzene rings is 1. The van der Waals surface area contributed by atoms with Crippen LogP contribution in [0.15, 0.2) is 29.2 Å². The molecule has 0 bridgehead atoms. The molecule has 0 atom stereocenters. The normalized spacial score (nSPS) is 11.4. The molecule has 0 heterocycles. The summed E-state index contributed by atoms with van der Waals surface area (Å²) in [6.45, 7) is 6.14. The van der Waals surface area contributed by atoms with Gasteiger partial charge in [-0.05, 0) is 52.3 Å². The maximum Gasteiger partial charge on any atom is 0.238 e. The van der Waals surface area contributed by atoms with Gasteiger partial charge in [0.05, 0.1) is 13.1 Å². The summed E-state index contributed by atoms with van der Waals surface area (Å²) in [5, 5.41) is 5.72. The molecule has 6 heteroatoms. The molecule has 0 aromatic heterocycles. The zero-order valence-electron chi connectivity index (χ0n) is 13.9. The van der Waals surface area contributed by atoms with Crippen molar-refractivity contribution in [1.82, 2.24) is 10.2 Å². The van der Waals surface area contributed by atoms with Crippen LogP contribution in [0.3, 0.4) is 0 Å². The van der Waals surface area contributed by atoms with E-state index in [9.17, 15) is 9.59 Å². The molecule has 22 heavy (non-hydrogen) atoms. The van der Waals surface area contributed by atoms with Gasteiger partial charge < -0.3 is 10.6 Å². The van der Waals surface area contributed by atoms with Gasteiger partial charge in [-0.25, -0.2) is 0 Å². The number of carbonyl (C=O) groups excluding carboxylic acids is 2. The fraction of sp³-hybridized carbons (Fsp3) is 0.500. The first-order valence-corrected chi connectivity index (χ1v) is 8.35. The van der Waals surface area contributed by atoms with Gasteiger partial charge in [0.2, 0.25) is 11.8 Å². The van der Waals surface area contributed by atoms with Crippen molar-refractivity contribution in [3.63, 3.8) is 0 Å². The lowest BCUT2D eigenvalue weighted by Gasteiger charge is -2.23. The van der Waals surface area contributed by atoms with E-state index in [-0.39, 0.29) is 30.4 Å². The van der Waals surface area contributed by atoms with E-state index in [2.05, 4.69) is 10.6 Å². The molecule has 1 rings (SSSR count). The number of carbonyl (C=O) groups is 2. The molecule has 0 aliphatic carbocycles. The predicted octanol–water partition coefficient (Wildman–Crippen LogP) is 2.19. The largest absolute Gasteiger partial charge is 0.350 e. The third-order valence-corrected chi connectivity index (χ3v) is 3.42. The molecule has 2 N–H and O–H groups in total. The van der Waals surface area contributed by atoms with Crippen LogP contribution in [0.5, 0.6) is 0 Å². The van der Waals surface area contributed by atoms with Crippen LogP contribution in [0.4, 0.5) is 5.69 Å². The zero-order valence-corrected chi connectivity index (χ0v) is 14.7. The Hall–Kier alpha value is -1.53. The lowest BCUT2D eigenvalue weighted by molar-refractivity contribution is -0.124. The highest BCUT2D eigenvalue weighted by Crippen LogP contribution is 2.18. The van der Waals surface area contributed by atoms with Crippen molar-refractivity contribution in [2.24, 2.45) is 0 Å². The molecule has 0 aliphatic rings. The zero-order chi connectivity index (χ0) is 16.8. The molecule has 0 aliphatic heterocycles. The Morgan fingerprint density at radius 3 is 2.41 bits per heavy atom. The third-order valence-electron chi connectivity index (χ3n) is 2.69. The van der Waals surface area contributed by atoms with E-state index in [0.29, 0.717) is 0 Å². The van der Waals surface area contributed by atoms with Gasteiger partial charge >= 0.3 is 0 Å². The number of rotatable bonds is 6. The van der Waals surface area contributed by atoms with Gasteiger partial charge in [0, 0.05) is 16.1 Å². The molecule has 0 unspecified atom stereocenters. The summed E-state index contributed by atoms with van der Waals surface area (Å²) in [5.41, 5.74) is 0.503. The van der Waals surface area contributed by atoms with Gasteiger partial charge in [0.25, 0.3) is 0 Å². The second-order valence-corrected chi connectivity index (χ2v) is 7.13. The van der Waals surface area contributed by atoms with Crippen LogP contribution < -0.4 is 10.6 Å². The highest BCUT2D eigenvalue weighted by atomic mass is 32.2. The molecule has 1 aromatic rings. The average molecular weight is 323 g/mol. The lowest BCUT2D eigenvalue weighted by Crippen LogP contribution is -2.46. The summed E-state index contributed by atoms with van der Waals surface area (Å²) in [6, 6.07) is 7.67. The highest BCUT2D eigenvalue weighted by molar-refractivity contribution is 7.98. The molecular weight excluding hydrogens is 298 g/mol. The molecule has 0 saturated carbocycles. The Kier molecular flexibility index (Phi) is 6.90. The predicted molar refractivity (Wildman–Crippen MR) is 92.2 cm³/mol. The smallest absolute Gasteiger partial charge is 0.238 e. The summed E-state index contributed by atoms with van der Waals surface area (Å²) >= 11 is 1.62. The quantitative estimate of drug-likeness (QED) is 0.788. The minimum atomic E-state index is -0.265.